The standard InChI is InChI=1S/C8H17NO/c1-3-8(9)6-4-5-7(2)10/h8H,3-6,9H2,1-2H3/t8-/m0/s1. The van der Waals surface area contributed by atoms with Crippen LogP contribution in [0.25, 0.3) is 0 Å². The lowest BCUT2D eigenvalue weighted by atomic mass is 10.1. The van der Waals surface area contributed by atoms with Crippen LogP contribution in [0.5, 0.6) is 0 Å². The highest BCUT2D eigenvalue weighted by Crippen LogP contribution is 2.01. The van der Waals surface area contributed by atoms with Crippen LogP contribution in [0.2, 0.25) is 0 Å². The number of Topliss-reactive ketones (excluding diaryl/α,β-unsaturated/α-hetero) is 1. The second-order valence-corrected chi connectivity index (χ2v) is 2.76. The molecular formula is C8H17NO. The molecule has 0 saturated heterocycles. The summed E-state index contributed by atoms with van der Waals surface area (Å²) in [7, 11) is 0. The normalized spacial score (nSPS) is 13.1. The maximum atomic E-state index is 10.5. The molecule has 60 valence electrons. The number of hydrogen-bond acceptors (Lipinski definition) is 2. The minimum atomic E-state index is 0.267. The predicted octanol–water partition coefficient (Wildman–Crippen LogP) is 1.48. The Bertz CT molecular complexity index is 101. The van der Waals surface area contributed by atoms with Crippen LogP contribution in [0.1, 0.15) is 39.5 Å². The van der Waals surface area contributed by atoms with E-state index in [1.807, 2.05) is 0 Å². The van der Waals surface area contributed by atoms with Crippen molar-refractivity contribution in [1.29, 1.82) is 0 Å². The average Bonchev–Trinajstić information content (AvgIpc) is 1.87. The van der Waals surface area contributed by atoms with Gasteiger partial charge in [-0.3, -0.25) is 0 Å². The molecule has 0 aliphatic carbocycles. The number of carbonyl (C=O) groups is 1. The summed E-state index contributed by atoms with van der Waals surface area (Å²) < 4.78 is 0. The maximum Gasteiger partial charge on any atom is 0.129 e. The van der Waals surface area contributed by atoms with Crippen LogP contribution in [0.4, 0.5) is 0 Å². The molecule has 0 fully saturated rings. The summed E-state index contributed by atoms with van der Waals surface area (Å²) in [6.07, 6.45) is 3.63. The largest absolute Gasteiger partial charge is 0.328 e. The molecule has 2 N–H and O–H groups in total. The van der Waals surface area contributed by atoms with Gasteiger partial charge in [-0.2, -0.15) is 0 Å². The van der Waals surface area contributed by atoms with Crippen LogP contribution in [0.15, 0.2) is 0 Å². The molecule has 0 spiro atoms. The van der Waals surface area contributed by atoms with Gasteiger partial charge in [-0.1, -0.05) is 6.92 Å². The summed E-state index contributed by atoms with van der Waals surface area (Å²) in [5.41, 5.74) is 5.65. The van der Waals surface area contributed by atoms with E-state index in [4.69, 9.17) is 5.73 Å². The lowest BCUT2D eigenvalue weighted by Crippen LogP contribution is -2.18. The van der Waals surface area contributed by atoms with Crippen molar-refractivity contribution < 1.29 is 4.79 Å². The predicted molar refractivity (Wildman–Crippen MR) is 42.8 cm³/mol. The highest BCUT2D eigenvalue weighted by Gasteiger charge is 1.99. The Morgan fingerprint density at radius 3 is 2.60 bits per heavy atom. The Morgan fingerprint density at radius 2 is 2.20 bits per heavy atom. The zero-order chi connectivity index (χ0) is 7.98. The lowest BCUT2D eigenvalue weighted by Gasteiger charge is -2.05. The summed E-state index contributed by atoms with van der Waals surface area (Å²) in [5, 5.41) is 0. The van der Waals surface area contributed by atoms with Crippen LogP contribution in [0, 0.1) is 0 Å². The molecule has 0 aromatic heterocycles. The molecule has 0 aromatic rings. The van der Waals surface area contributed by atoms with Gasteiger partial charge < -0.3 is 10.5 Å². The van der Waals surface area contributed by atoms with Gasteiger partial charge in [0.15, 0.2) is 0 Å². The minimum absolute atomic E-state index is 0.267. The minimum Gasteiger partial charge on any atom is -0.328 e. The second-order valence-electron chi connectivity index (χ2n) is 2.76. The molecule has 0 heterocycles. The Kier molecular flexibility index (Phi) is 5.22. The van der Waals surface area contributed by atoms with Gasteiger partial charge in [-0.25, -0.2) is 0 Å². The highest BCUT2D eigenvalue weighted by atomic mass is 16.1. The van der Waals surface area contributed by atoms with E-state index in [1.165, 1.54) is 0 Å². The molecule has 0 unspecified atom stereocenters. The Hall–Kier alpha value is -0.370. The Labute approximate surface area is 62.8 Å². The topological polar surface area (TPSA) is 43.1 Å². The number of nitrogens with two attached hydrogens (primary N) is 1. The number of ketones is 1. The van der Waals surface area contributed by atoms with E-state index < -0.39 is 0 Å². The lowest BCUT2D eigenvalue weighted by molar-refractivity contribution is -0.117. The molecule has 0 rings (SSSR count). The molecule has 10 heavy (non-hydrogen) atoms. The van der Waals surface area contributed by atoms with Crippen molar-refractivity contribution in [2.24, 2.45) is 5.73 Å². The Balaban J connectivity index is 3.11. The fourth-order valence-corrected chi connectivity index (χ4v) is 0.817. The molecule has 0 amide bonds. The molecule has 2 nitrogen and oxygen atoms in total. The third-order valence-electron chi connectivity index (χ3n) is 1.63. The van der Waals surface area contributed by atoms with Crippen LogP contribution < -0.4 is 5.73 Å². The fourth-order valence-electron chi connectivity index (χ4n) is 0.817. The zero-order valence-electron chi connectivity index (χ0n) is 6.89. The molecule has 0 bridgehead atoms. The van der Waals surface area contributed by atoms with E-state index in [9.17, 15) is 4.79 Å². The van der Waals surface area contributed by atoms with Crippen LogP contribution in [-0.2, 0) is 4.79 Å². The first kappa shape index (κ1) is 9.63. The molecule has 0 saturated carbocycles. The maximum absolute atomic E-state index is 10.5. The number of hydrogen-bond donors (Lipinski definition) is 1. The fraction of sp³-hybridized carbons (Fsp3) is 0.875. The van der Waals surface area contributed by atoms with Crippen molar-refractivity contribution in [2.45, 2.75) is 45.6 Å². The van der Waals surface area contributed by atoms with Gasteiger partial charge in [-0.15, -0.1) is 0 Å². The average molecular weight is 143 g/mol. The quantitative estimate of drug-likeness (QED) is 0.633. The molecule has 0 aliphatic rings. The third kappa shape index (κ3) is 5.76. The number of rotatable bonds is 5. The van der Waals surface area contributed by atoms with E-state index in [1.54, 1.807) is 6.92 Å². The van der Waals surface area contributed by atoms with Gasteiger partial charge in [0, 0.05) is 12.5 Å². The highest BCUT2D eigenvalue weighted by molar-refractivity contribution is 5.75. The molecule has 0 aromatic carbocycles. The molecule has 2 heteroatoms. The van der Waals surface area contributed by atoms with E-state index in [-0.39, 0.29) is 5.78 Å². The third-order valence-corrected chi connectivity index (χ3v) is 1.63. The van der Waals surface area contributed by atoms with E-state index >= 15 is 0 Å². The Morgan fingerprint density at radius 1 is 1.60 bits per heavy atom. The first-order valence-corrected chi connectivity index (χ1v) is 3.91. The first-order chi connectivity index (χ1) is 4.66. The molecular weight excluding hydrogens is 126 g/mol. The monoisotopic (exact) mass is 143 g/mol. The van der Waals surface area contributed by atoms with Gasteiger partial charge in [-0.05, 0) is 26.2 Å². The molecule has 0 aliphatic heterocycles. The van der Waals surface area contributed by atoms with Crippen molar-refractivity contribution in [2.75, 3.05) is 0 Å². The smallest absolute Gasteiger partial charge is 0.129 e. The van der Waals surface area contributed by atoms with Crippen molar-refractivity contribution in [3.05, 3.63) is 0 Å². The van der Waals surface area contributed by atoms with E-state index in [0.29, 0.717) is 12.5 Å². The van der Waals surface area contributed by atoms with Crippen LogP contribution in [-0.4, -0.2) is 11.8 Å². The van der Waals surface area contributed by atoms with Gasteiger partial charge >= 0.3 is 0 Å². The SMILES string of the molecule is CC[C@H](N)CCCC(C)=O. The first-order valence-electron chi connectivity index (χ1n) is 3.91. The van der Waals surface area contributed by atoms with Crippen LogP contribution in [0.3, 0.4) is 0 Å². The van der Waals surface area contributed by atoms with Gasteiger partial charge in [0.05, 0.1) is 0 Å². The second kappa shape index (κ2) is 5.42. The van der Waals surface area contributed by atoms with E-state index in [0.717, 1.165) is 19.3 Å². The summed E-state index contributed by atoms with van der Waals surface area (Å²) >= 11 is 0. The van der Waals surface area contributed by atoms with Crippen LogP contribution >= 0.6 is 0 Å². The summed E-state index contributed by atoms with van der Waals surface area (Å²) in [6, 6.07) is 0.291. The van der Waals surface area contributed by atoms with Gasteiger partial charge in [0.1, 0.15) is 5.78 Å². The number of carbonyl (C=O) groups excluding carboxylic acids is 1. The van der Waals surface area contributed by atoms with E-state index in [2.05, 4.69) is 6.92 Å². The summed E-state index contributed by atoms with van der Waals surface area (Å²) in [6.45, 7) is 3.69. The summed E-state index contributed by atoms with van der Waals surface area (Å²) in [4.78, 5) is 10.5. The molecule has 1 atom stereocenters. The van der Waals surface area contributed by atoms with Crippen molar-refractivity contribution in [3.8, 4) is 0 Å². The zero-order valence-corrected chi connectivity index (χ0v) is 6.89. The van der Waals surface area contributed by atoms with Crippen molar-refractivity contribution in [3.63, 3.8) is 0 Å². The molecule has 0 radical (unpaired) electrons. The van der Waals surface area contributed by atoms with Crippen molar-refractivity contribution >= 4 is 5.78 Å². The summed E-state index contributed by atoms with van der Waals surface area (Å²) in [5.74, 6) is 0.267. The van der Waals surface area contributed by atoms with Gasteiger partial charge in [0.25, 0.3) is 0 Å². The van der Waals surface area contributed by atoms with Crippen molar-refractivity contribution in [1.82, 2.24) is 0 Å². The van der Waals surface area contributed by atoms with Gasteiger partial charge in [0.2, 0.25) is 0 Å².